The van der Waals surface area contributed by atoms with Crippen molar-refractivity contribution < 1.29 is 23.5 Å². The van der Waals surface area contributed by atoms with Crippen LogP contribution in [0.4, 0.5) is 14.6 Å². The molecular formula is C19H13Cl3F2N2O3S2. The Labute approximate surface area is 198 Å². The van der Waals surface area contributed by atoms with Gasteiger partial charge in [0.25, 0.3) is 6.43 Å². The van der Waals surface area contributed by atoms with Gasteiger partial charge in [0, 0.05) is 15.5 Å². The summed E-state index contributed by atoms with van der Waals surface area (Å²) < 4.78 is 27.0. The van der Waals surface area contributed by atoms with Crippen molar-refractivity contribution in [2.75, 3.05) is 11.4 Å². The Morgan fingerprint density at radius 1 is 1.16 bits per heavy atom. The topological polar surface area (TPSA) is 70.5 Å². The summed E-state index contributed by atoms with van der Waals surface area (Å²) in [6.07, 6.45) is -3.33. The first-order chi connectivity index (χ1) is 14.6. The van der Waals surface area contributed by atoms with E-state index in [1.165, 1.54) is 18.3 Å². The second-order valence-electron chi connectivity index (χ2n) is 6.25. The van der Waals surface area contributed by atoms with Gasteiger partial charge in [-0.1, -0.05) is 40.9 Å². The van der Waals surface area contributed by atoms with Crippen molar-refractivity contribution in [3.63, 3.8) is 0 Å². The molecule has 0 bridgehead atoms. The summed E-state index contributed by atoms with van der Waals surface area (Å²) in [6.45, 7) is 0.507. The average molecular weight is 526 g/mol. The second kappa shape index (κ2) is 9.79. The number of aryl methyl sites for hydroxylation is 1. The van der Waals surface area contributed by atoms with Crippen LogP contribution < -0.4 is 4.90 Å². The quantitative estimate of drug-likeness (QED) is 0.373. The Morgan fingerprint density at radius 3 is 2.45 bits per heavy atom. The van der Waals surface area contributed by atoms with Crippen molar-refractivity contribution >= 4 is 75.2 Å². The molecule has 0 atom stereocenters. The highest BCUT2D eigenvalue weighted by Gasteiger charge is 2.29. The van der Waals surface area contributed by atoms with E-state index in [2.05, 4.69) is 4.98 Å². The van der Waals surface area contributed by atoms with Gasteiger partial charge in [-0.15, -0.1) is 22.7 Å². The van der Waals surface area contributed by atoms with Crippen LogP contribution >= 0.6 is 57.5 Å². The Kier molecular flexibility index (Phi) is 7.54. The summed E-state index contributed by atoms with van der Waals surface area (Å²) >= 11 is 20.8. The molecule has 1 amide bonds. The largest absolute Gasteiger partial charge is 0.477 e. The molecule has 2 aromatic heterocycles. The minimum atomic E-state index is -2.90. The van der Waals surface area contributed by atoms with Crippen molar-refractivity contribution in [1.29, 1.82) is 0 Å². The highest BCUT2D eigenvalue weighted by molar-refractivity contribution is 7.19. The van der Waals surface area contributed by atoms with E-state index in [4.69, 9.17) is 34.8 Å². The van der Waals surface area contributed by atoms with E-state index in [1.807, 2.05) is 0 Å². The van der Waals surface area contributed by atoms with Gasteiger partial charge in [0.05, 0.1) is 27.3 Å². The molecule has 12 heteroatoms. The zero-order valence-corrected chi connectivity index (χ0v) is 19.6. The minimum Gasteiger partial charge on any atom is -0.477 e. The molecule has 1 aromatic carbocycles. The maximum absolute atomic E-state index is 13.2. The normalized spacial score (nSPS) is 11.2. The Balaban J connectivity index is 2.00. The molecule has 0 fully saturated rings. The molecule has 0 radical (unpaired) electrons. The maximum atomic E-state index is 13.2. The van der Waals surface area contributed by atoms with Gasteiger partial charge in [-0.05, 0) is 30.7 Å². The molecule has 0 unspecified atom stereocenters. The van der Waals surface area contributed by atoms with E-state index in [9.17, 15) is 23.5 Å². The summed E-state index contributed by atoms with van der Waals surface area (Å²) in [4.78, 5) is 29.6. The van der Waals surface area contributed by atoms with Crippen LogP contribution in [0.15, 0.2) is 24.3 Å². The number of aromatic carboxylic acids is 1. The molecule has 5 nitrogen and oxygen atoms in total. The van der Waals surface area contributed by atoms with Crippen molar-refractivity contribution in [2.24, 2.45) is 0 Å². The molecule has 0 saturated heterocycles. The number of anilines is 1. The Hall–Kier alpha value is -1.78. The van der Waals surface area contributed by atoms with Gasteiger partial charge in [-0.2, -0.15) is 0 Å². The zero-order chi connectivity index (χ0) is 22.9. The van der Waals surface area contributed by atoms with Crippen LogP contribution in [0.5, 0.6) is 0 Å². The van der Waals surface area contributed by atoms with Crippen LogP contribution in [-0.2, 0) is 11.2 Å². The lowest BCUT2D eigenvalue weighted by atomic mass is 10.1. The van der Waals surface area contributed by atoms with E-state index in [0.717, 1.165) is 16.2 Å². The van der Waals surface area contributed by atoms with Crippen LogP contribution in [0, 0.1) is 6.92 Å². The molecule has 2 heterocycles. The molecule has 0 aliphatic heterocycles. The van der Waals surface area contributed by atoms with Gasteiger partial charge < -0.3 is 5.11 Å². The number of rotatable bonds is 7. The molecular weight excluding hydrogens is 513 g/mol. The fourth-order valence-corrected chi connectivity index (χ4v) is 5.34. The van der Waals surface area contributed by atoms with E-state index in [-0.39, 0.29) is 26.3 Å². The molecule has 164 valence electrons. The van der Waals surface area contributed by atoms with Crippen molar-refractivity contribution in [3.8, 4) is 10.4 Å². The van der Waals surface area contributed by atoms with Gasteiger partial charge in [-0.3, -0.25) is 9.69 Å². The fourth-order valence-electron chi connectivity index (χ4n) is 2.84. The molecule has 1 N–H and O–H groups in total. The zero-order valence-electron chi connectivity index (χ0n) is 15.7. The lowest BCUT2D eigenvalue weighted by Crippen LogP contribution is -2.37. The van der Waals surface area contributed by atoms with Gasteiger partial charge in [0.1, 0.15) is 0 Å². The number of hydrogen-bond acceptors (Lipinski definition) is 5. The first kappa shape index (κ1) is 23.9. The smallest absolute Gasteiger partial charge is 0.349 e. The van der Waals surface area contributed by atoms with E-state index in [1.54, 1.807) is 24.3 Å². The number of carboxylic acids is 1. The lowest BCUT2D eigenvalue weighted by Gasteiger charge is -2.22. The number of nitrogens with zero attached hydrogens (tertiary/aromatic N) is 2. The van der Waals surface area contributed by atoms with Crippen molar-refractivity contribution in [1.82, 2.24) is 4.98 Å². The van der Waals surface area contributed by atoms with Gasteiger partial charge in [0.2, 0.25) is 5.91 Å². The Bertz CT molecular complexity index is 1150. The monoisotopic (exact) mass is 524 g/mol. The number of hydrogen-bond donors (Lipinski definition) is 1. The number of benzene rings is 1. The third kappa shape index (κ3) is 5.35. The van der Waals surface area contributed by atoms with Crippen LogP contribution in [0.25, 0.3) is 10.4 Å². The number of carbonyl (C=O) groups is 2. The highest BCUT2D eigenvalue weighted by Crippen LogP contribution is 2.39. The predicted octanol–water partition coefficient (Wildman–Crippen LogP) is 6.68. The number of aromatic nitrogens is 1. The molecule has 3 aromatic rings. The maximum Gasteiger partial charge on any atom is 0.349 e. The predicted molar refractivity (Wildman–Crippen MR) is 121 cm³/mol. The number of carboxylic acid groups (broad SMARTS) is 1. The molecule has 0 spiro atoms. The standard InChI is InChI=1S/C19H13Cl3F2N2O3S2/c1-8-25-18(17(30-8)19(28)29)26(7-14(23)24)15(27)6-10-11(20)3-2-9(16(10)22)12-4-5-13(21)31-12/h2-5,14H,6-7H2,1H3,(H,28,29). The highest BCUT2D eigenvalue weighted by atomic mass is 35.5. The Morgan fingerprint density at radius 2 is 1.87 bits per heavy atom. The summed E-state index contributed by atoms with van der Waals surface area (Å²) in [7, 11) is 0. The van der Waals surface area contributed by atoms with Gasteiger partial charge in [0.15, 0.2) is 10.7 Å². The molecule has 0 saturated carbocycles. The number of thiazole rings is 1. The summed E-state index contributed by atoms with van der Waals surface area (Å²) in [6, 6.07) is 6.67. The number of alkyl halides is 2. The fraction of sp³-hybridized carbons (Fsp3) is 0.211. The molecule has 31 heavy (non-hydrogen) atoms. The number of halogens is 5. The third-order valence-electron chi connectivity index (χ3n) is 4.14. The number of thiophene rings is 1. The lowest BCUT2D eigenvalue weighted by molar-refractivity contribution is -0.118. The SMILES string of the molecule is Cc1nc(N(CC(F)F)C(=O)Cc2c(Cl)ccc(-c3ccc(Cl)s3)c2Cl)c(C(=O)O)s1. The first-order valence-electron chi connectivity index (χ1n) is 8.60. The van der Waals surface area contributed by atoms with Crippen molar-refractivity contribution in [3.05, 3.63) is 54.1 Å². The minimum absolute atomic E-state index is 0.176. The van der Waals surface area contributed by atoms with Gasteiger partial charge in [-0.25, -0.2) is 18.6 Å². The molecule has 0 aliphatic carbocycles. The average Bonchev–Trinajstić information content (AvgIpc) is 3.28. The first-order valence-corrected chi connectivity index (χ1v) is 11.4. The van der Waals surface area contributed by atoms with Gasteiger partial charge >= 0.3 is 5.97 Å². The summed E-state index contributed by atoms with van der Waals surface area (Å²) in [5.74, 6) is -2.49. The van der Waals surface area contributed by atoms with E-state index >= 15 is 0 Å². The van der Waals surface area contributed by atoms with E-state index in [0.29, 0.717) is 19.8 Å². The third-order valence-corrected chi connectivity index (χ3v) is 7.14. The number of amides is 1. The molecule has 0 aliphatic rings. The van der Waals surface area contributed by atoms with Crippen LogP contribution in [-0.4, -0.2) is 34.9 Å². The van der Waals surface area contributed by atoms with E-state index < -0.39 is 31.3 Å². The molecule has 3 rings (SSSR count). The van der Waals surface area contributed by atoms with Crippen LogP contribution in [0.3, 0.4) is 0 Å². The van der Waals surface area contributed by atoms with Crippen LogP contribution in [0.1, 0.15) is 20.2 Å². The summed E-state index contributed by atoms with van der Waals surface area (Å²) in [5, 5.41) is 10.1. The number of carbonyl (C=O) groups excluding carboxylic acids is 1. The second-order valence-corrected chi connectivity index (χ2v) is 9.96. The van der Waals surface area contributed by atoms with Crippen molar-refractivity contribution in [2.45, 2.75) is 19.8 Å². The van der Waals surface area contributed by atoms with Crippen LogP contribution in [0.2, 0.25) is 14.4 Å². The summed E-state index contributed by atoms with van der Waals surface area (Å²) in [5.41, 5.74) is 0.820.